The monoisotopic (exact) mass is 224 g/mol. The Bertz CT molecular complexity index is 686. The van der Waals surface area contributed by atoms with Crippen molar-refractivity contribution in [1.29, 1.82) is 0 Å². The van der Waals surface area contributed by atoms with Gasteiger partial charge in [-0.1, -0.05) is 18.2 Å². The first-order chi connectivity index (χ1) is 8.24. The molecule has 0 saturated carbocycles. The third-order valence-electron chi connectivity index (χ3n) is 2.82. The van der Waals surface area contributed by atoms with Crippen molar-refractivity contribution in [2.75, 3.05) is 0 Å². The van der Waals surface area contributed by atoms with Crippen LogP contribution in [-0.2, 0) is 0 Å². The maximum atomic E-state index is 9.47. The van der Waals surface area contributed by atoms with Gasteiger partial charge >= 0.3 is 0 Å². The summed E-state index contributed by atoms with van der Waals surface area (Å²) in [5, 5.41) is 9.47. The predicted octanol–water partition coefficient (Wildman–Crippen LogP) is 3.02. The molecule has 3 nitrogen and oxygen atoms in total. The Hall–Kier alpha value is -2.29. The number of aromatic nitrogens is 2. The Kier molecular flexibility index (Phi) is 2.11. The molecule has 3 aromatic rings. The smallest absolute Gasteiger partial charge is 0.140 e. The van der Waals surface area contributed by atoms with E-state index in [-0.39, 0.29) is 5.75 Å². The van der Waals surface area contributed by atoms with E-state index in [2.05, 4.69) is 4.98 Å². The average Bonchev–Trinajstić information content (AvgIpc) is 2.74. The number of aromatic hydroxyl groups is 1. The lowest BCUT2D eigenvalue weighted by Crippen LogP contribution is -1.83. The number of phenols is 1. The summed E-state index contributed by atoms with van der Waals surface area (Å²) in [6, 6.07) is 11.2. The highest BCUT2D eigenvalue weighted by Crippen LogP contribution is 2.23. The molecule has 0 atom stereocenters. The number of pyridine rings is 1. The Morgan fingerprint density at radius 2 is 2.06 bits per heavy atom. The van der Waals surface area contributed by atoms with Gasteiger partial charge in [0.05, 0.1) is 5.69 Å². The van der Waals surface area contributed by atoms with Crippen molar-refractivity contribution in [3.05, 3.63) is 54.4 Å². The molecule has 0 aliphatic rings. The van der Waals surface area contributed by atoms with Crippen LogP contribution in [0.2, 0.25) is 0 Å². The topological polar surface area (TPSA) is 37.5 Å². The van der Waals surface area contributed by atoms with Crippen molar-refractivity contribution < 1.29 is 5.11 Å². The Morgan fingerprint density at radius 1 is 1.18 bits per heavy atom. The van der Waals surface area contributed by atoms with E-state index in [1.807, 2.05) is 48.0 Å². The Labute approximate surface area is 99.0 Å². The van der Waals surface area contributed by atoms with Crippen molar-refractivity contribution in [1.82, 2.24) is 9.38 Å². The maximum absolute atomic E-state index is 9.47. The second-order valence-corrected chi connectivity index (χ2v) is 4.10. The number of aryl methyl sites for hydroxylation is 1. The molecule has 3 rings (SSSR count). The van der Waals surface area contributed by atoms with Gasteiger partial charge in [-0.3, -0.25) is 0 Å². The highest BCUT2D eigenvalue weighted by molar-refractivity contribution is 5.65. The van der Waals surface area contributed by atoms with Crippen molar-refractivity contribution >= 4 is 5.65 Å². The average molecular weight is 224 g/mol. The number of nitrogens with zero attached hydrogens (tertiary/aromatic N) is 2. The molecule has 3 heteroatoms. The summed E-state index contributed by atoms with van der Waals surface area (Å²) in [7, 11) is 0. The van der Waals surface area contributed by atoms with Crippen LogP contribution in [0.25, 0.3) is 16.9 Å². The molecule has 84 valence electrons. The number of fused-ring (bicyclic) bond motifs is 1. The first kappa shape index (κ1) is 9.90. The largest absolute Gasteiger partial charge is 0.508 e. The summed E-state index contributed by atoms with van der Waals surface area (Å²) in [6.45, 7) is 2.04. The number of rotatable bonds is 1. The minimum atomic E-state index is 0.260. The summed E-state index contributed by atoms with van der Waals surface area (Å²) >= 11 is 0. The number of hydrogen-bond acceptors (Lipinski definition) is 2. The van der Waals surface area contributed by atoms with E-state index in [1.54, 1.807) is 12.1 Å². The quantitative estimate of drug-likeness (QED) is 0.690. The van der Waals surface area contributed by atoms with Crippen LogP contribution in [0.3, 0.4) is 0 Å². The van der Waals surface area contributed by atoms with E-state index in [9.17, 15) is 5.11 Å². The van der Waals surface area contributed by atoms with Gasteiger partial charge in [0.15, 0.2) is 0 Å². The van der Waals surface area contributed by atoms with Crippen molar-refractivity contribution in [3.8, 4) is 17.0 Å². The van der Waals surface area contributed by atoms with Gasteiger partial charge in [-0.25, -0.2) is 4.98 Å². The Balaban J connectivity index is 2.22. The second kappa shape index (κ2) is 3.63. The molecule has 0 aliphatic heterocycles. The van der Waals surface area contributed by atoms with E-state index in [0.717, 1.165) is 22.5 Å². The lowest BCUT2D eigenvalue weighted by Gasteiger charge is -1.96. The van der Waals surface area contributed by atoms with Gasteiger partial charge < -0.3 is 9.51 Å². The SMILES string of the molecule is Cc1cccn2cc(-c3cccc(O)c3)nc12. The Morgan fingerprint density at radius 3 is 2.82 bits per heavy atom. The highest BCUT2D eigenvalue weighted by Gasteiger charge is 2.06. The zero-order valence-electron chi connectivity index (χ0n) is 9.46. The molecule has 1 aromatic carbocycles. The molecule has 0 fully saturated rings. The van der Waals surface area contributed by atoms with Crippen LogP contribution in [-0.4, -0.2) is 14.5 Å². The van der Waals surface area contributed by atoms with Crippen LogP contribution in [0.1, 0.15) is 5.56 Å². The molecule has 0 bridgehead atoms. The molecular weight excluding hydrogens is 212 g/mol. The van der Waals surface area contributed by atoms with Crippen molar-refractivity contribution in [2.45, 2.75) is 6.92 Å². The van der Waals surface area contributed by atoms with Crippen LogP contribution in [0.4, 0.5) is 0 Å². The molecule has 2 aromatic heterocycles. The highest BCUT2D eigenvalue weighted by atomic mass is 16.3. The summed E-state index contributed by atoms with van der Waals surface area (Å²) < 4.78 is 1.99. The molecular formula is C14H12N2O. The summed E-state index contributed by atoms with van der Waals surface area (Å²) in [6.07, 6.45) is 3.94. The van der Waals surface area contributed by atoms with Crippen LogP contribution in [0.15, 0.2) is 48.8 Å². The molecule has 0 aliphatic carbocycles. The van der Waals surface area contributed by atoms with Gasteiger partial charge in [-0.15, -0.1) is 0 Å². The number of hydrogen-bond donors (Lipinski definition) is 1. The minimum Gasteiger partial charge on any atom is -0.508 e. The number of phenolic OH excluding ortho intramolecular Hbond substituents is 1. The fourth-order valence-corrected chi connectivity index (χ4v) is 1.96. The van der Waals surface area contributed by atoms with Gasteiger partial charge in [0, 0.05) is 18.0 Å². The molecule has 0 amide bonds. The lowest BCUT2D eigenvalue weighted by molar-refractivity contribution is 0.475. The van der Waals surface area contributed by atoms with E-state index in [1.165, 1.54) is 0 Å². The fraction of sp³-hybridized carbons (Fsp3) is 0.0714. The third-order valence-corrected chi connectivity index (χ3v) is 2.82. The van der Waals surface area contributed by atoms with Gasteiger partial charge in [0.25, 0.3) is 0 Å². The van der Waals surface area contributed by atoms with Crippen molar-refractivity contribution in [2.24, 2.45) is 0 Å². The molecule has 0 saturated heterocycles. The van der Waals surface area contributed by atoms with E-state index in [4.69, 9.17) is 0 Å². The van der Waals surface area contributed by atoms with Crippen LogP contribution in [0, 0.1) is 6.92 Å². The van der Waals surface area contributed by atoms with E-state index < -0.39 is 0 Å². The summed E-state index contributed by atoms with van der Waals surface area (Å²) in [4.78, 5) is 4.58. The normalized spacial score (nSPS) is 10.9. The zero-order chi connectivity index (χ0) is 11.8. The first-order valence-corrected chi connectivity index (χ1v) is 5.48. The molecule has 0 unspecified atom stereocenters. The standard InChI is InChI=1S/C14H12N2O/c1-10-4-3-7-16-9-13(15-14(10)16)11-5-2-6-12(17)8-11/h2-9,17H,1H3. The van der Waals surface area contributed by atoms with Crippen LogP contribution in [0.5, 0.6) is 5.75 Å². The fourth-order valence-electron chi connectivity index (χ4n) is 1.96. The predicted molar refractivity (Wildman–Crippen MR) is 67.0 cm³/mol. The number of imidazole rings is 1. The van der Waals surface area contributed by atoms with Gasteiger partial charge in [0.2, 0.25) is 0 Å². The van der Waals surface area contributed by atoms with Crippen LogP contribution < -0.4 is 0 Å². The van der Waals surface area contributed by atoms with E-state index in [0.29, 0.717) is 0 Å². The summed E-state index contributed by atoms with van der Waals surface area (Å²) in [5.74, 6) is 0.260. The van der Waals surface area contributed by atoms with Crippen molar-refractivity contribution in [3.63, 3.8) is 0 Å². The van der Waals surface area contributed by atoms with Gasteiger partial charge in [-0.2, -0.15) is 0 Å². The lowest BCUT2D eigenvalue weighted by atomic mass is 10.1. The van der Waals surface area contributed by atoms with Gasteiger partial charge in [0.1, 0.15) is 11.4 Å². The minimum absolute atomic E-state index is 0.260. The molecule has 0 spiro atoms. The number of benzene rings is 1. The molecule has 0 radical (unpaired) electrons. The molecule has 2 heterocycles. The maximum Gasteiger partial charge on any atom is 0.140 e. The molecule has 17 heavy (non-hydrogen) atoms. The van der Waals surface area contributed by atoms with Crippen LogP contribution >= 0.6 is 0 Å². The third kappa shape index (κ3) is 1.65. The second-order valence-electron chi connectivity index (χ2n) is 4.10. The molecule has 1 N–H and O–H groups in total. The zero-order valence-corrected chi connectivity index (χ0v) is 9.46. The first-order valence-electron chi connectivity index (χ1n) is 5.48. The van der Waals surface area contributed by atoms with E-state index >= 15 is 0 Å². The summed E-state index contributed by atoms with van der Waals surface area (Å²) in [5.41, 5.74) is 3.88. The van der Waals surface area contributed by atoms with Gasteiger partial charge in [-0.05, 0) is 30.7 Å².